The van der Waals surface area contributed by atoms with Gasteiger partial charge in [-0.15, -0.1) is 5.10 Å². The lowest BCUT2D eigenvalue weighted by Gasteiger charge is -2.48. The van der Waals surface area contributed by atoms with Crippen LogP contribution in [-0.4, -0.2) is 197 Å². The van der Waals surface area contributed by atoms with Gasteiger partial charge < -0.3 is 63.4 Å². The number of carbonyl (C=O) groups excluding carboxylic acids is 1. The fourth-order valence-electron chi connectivity index (χ4n) is 10.9. The van der Waals surface area contributed by atoms with E-state index in [0.29, 0.717) is 43.8 Å². The maximum atomic E-state index is 15.0. The minimum atomic E-state index is -3.36. The third-order valence-corrected chi connectivity index (χ3v) is 16.5. The number of likely N-dealkylation sites (N-methyl/N-ethyl adjacent to an activating group) is 2. The number of rotatable bonds is 16. The molecule has 72 heavy (non-hydrogen) atoms. The van der Waals surface area contributed by atoms with Crippen molar-refractivity contribution in [1.29, 1.82) is 0 Å². The monoisotopic (exact) mass is 1040 g/mol. The number of sulfone groups is 1. The highest BCUT2D eigenvalue weighted by atomic mass is 32.2. The normalized spacial score (nSPS) is 38.7. The fraction of sp³-hybridized carbons (Fsp3) is 0.824. The summed E-state index contributed by atoms with van der Waals surface area (Å²) in [5.41, 5.74) is -3.75. The van der Waals surface area contributed by atoms with Crippen LogP contribution in [0.3, 0.4) is 0 Å². The summed E-state index contributed by atoms with van der Waals surface area (Å²) in [6, 6.07) is 5.23. The van der Waals surface area contributed by atoms with E-state index in [0.717, 1.165) is 6.26 Å². The smallest absolute Gasteiger partial charge is 0.311 e. The number of aliphatic hydroxyl groups is 4. The van der Waals surface area contributed by atoms with Gasteiger partial charge in [-0.2, -0.15) is 0 Å². The zero-order valence-corrected chi connectivity index (χ0v) is 45.8. The topological polar surface area (TPSA) is 234 Å². The summed E-state index contributed by atoms with van der Waals surface area (Å²) in [7, 11) is 2.00. The number of nitrogens with zero attached hydrogens (tertiary/aromatic N) is 5. The van der Waals surface area contributed by atoms with Gasteiger partial charge in [-0.05, 0) is 112 Å². The van der Waals surface area contributed by atoms with Crippen LogP contribution in [0.25, 0.3) is 0 Å². The van der Waals surface area contributed by atoms with Gasteiger partial charge in [-0.3, -0.25) is 4.79 Å². The first-order valence-corrected chi connectivity index (χ1v) is 27.4. The predicted octanol–water partition coefficient (Wildman–Crippen LogP) is 3.95. The maximum absolute atomic E-state index is 15.0. The number of aliphatic hydroxyl groups excluding tert-OH is 2. The second-order valence-electron chi connectivity index (χ2n) is 21.9. The molecule has 18 atom stereocenters. The van der Waals surface area contributed by atoms with E-state index in [9.17, 15) is 33.6 Å². The molecule has 3 saturated heterocycles. The molecule has 3 aliphatic heterocycles. The van der Waals surface area contributed by atoms with E-state index < -0.39 is 106 Å². The minimum absolute atomic E-state index is 0.0225. The Morgan fingerprint density at radius 3 is 2.26 bits per heavy atom. The second kappa shape index (κ2) is 24.8. The van der Waals surface area contributed by atoms with E-state index in [-0.39, 0.29) is 55.4 Å². The molecule has 0 radical (unpaired) electrons. The van der Waals surface area contributed by atoms with Gasteiger partial charge in [0, 0.05) is 69.9 Å². The number of alkyl halides is 1. The highest BCUT2D eigenvalue weighted by Crippen LogP contribution is 2.40. The van der Waals surface area contributed by atoms with Crippen LogP contribution in [0.2, 0.25) is 0 Å². The van der Waals surface area contributed by atoms with Crippen LogP contribution in [0.5, 0.6) is 5.75 Å². The number of hydrogen-bond donors (Lipinski definition) is 4. The van der Waals surface area contributed by atoms with Gasteiger partial charge in [0.15, 0.2) is 28.6 Å². The number of carbonyl (C=O) groups is 1. The highest BCUT2D eigenvalue weighted by molar-refractivity contribution is 7.90. The average molecular weight is 1040 g/mol. The summed E-state index contributed by atoms with van der Waals surface area (Å²) in [6.07, 6.45) is -4.44. The Kier molecular flexibility index (Phi) is 20.7. The van der Waals surface area contributed by atoms with E-state index in [1.165, 1.54) is 43.0 Å². The average Bonchev–Trinajstić information content (AvgIpc) is 3.76. The van der Waals surface area contributed by atoms with Gasteiger partial charge in [-0.1, -0.05) is 26.0 Å². The molecule has 21 heteroatoms. The Hall–Kier alpha value is -2.93. The number of hydrogen-bond acceptors (Lipinski definition) is 18. The third kappa shape index (κ3) is 15.1. The Bertz CT molecular complexity index is 2140. The maximum Gasteiger partial charge on any atom is 0.311 e. The number of benzene rings is 1. The zero-order valence-electron chi connectivity index (χ0n) is 45.0. The molecule has 3 fully saturated rings. The van der Waals surface area contributed by atoms with Crippen molar-refractivity contribution in [3.63, 3.8) is 0 Å². The first kappa shape index (κ1) is 59.9. The SMILES string of the molecule is CC[C@H]1OC(=O)[C@H](C)[C@@H](O[C@H]2C[C@@](C)(OC)[C@@H](O)[C@H](C)O2)[C@H](C)[C@@H](O[C@H]2C[C@@H](N(C)CCc3cn(C[C@H](F)COc4ccc(S(C)(=O)=O)cc4)nn3)C[C@@H](C)O2)[C@](C)(O)C[C@@H](C)CN(C)[C@H](C)[C@@H](O)[C@]1(C)O. The van der Waals surface area contributed by atoms with Crippen LogP contribution in [0.1, 0.15) is 107 Å². The highest BCUT2D eigenvalue weighted by Gasteiger charge is 2.52. The molecule has 19 nitrogen and oxygen atoms in total. The van der Waals surface area contributed by atoms with Gasteiger partial charge in [-0.25, -0.2) is 17.5 Å². The lowest BCUT2D eigenvalue weighted by Crippen LogP contribution is -2.59. The summed E-state index contributed by atoms with van der Waals surface area (Å²) in [5, 5.41) is 55.8. The fourth-order valence-corrected chi connectivity index (χ4v) is 11.5. The Morgan fingerprint density at radius 1 is 0.972 bits per heavy atom. The molecular weight excluding hydrogens is 958 g/mol. The van der Waals surface area contributed by atoms with Crippen LogP contribution in [0.15, 0.2) is 35.4 Å². The van der Waals surface area contributed by atoms with Crippen LogP contribution in [0.4, 0.5) is 4.39 Å². The van der Waals surface area contributed by atoms with Crippen LogP contribution < -0.4 is 4.74 Å². The molecule has 0 amide bonds. The van der Waals surface area contributed by atoms with E-state index in [1.54, 1.807) is 47.7 Å². The quantitative estimate of drug-likeness (QED) is 0.174. The summed E-state index contributed by atoms with van der Waals surface area (Å²) in [5.74, 6) is -2.25. The second-order valence-corrected chi connectivity index (χ2v) is 23.9. The standard InChI is InChI=1S/C51H86FN5O14S/c1-15-41-51(10,62)45(58)34(6)56(12)26-30(2)24-49(8,61)47(32(4)44(33(5)48(60)69-41)70-43-25-50(9,65-13)46(59)35(7)68-43)71-42-23-38(22-31(3)67-42)55(11)21-20-37-28-57(54-53-37)27-36(52)29-66-39-16-18-40(19-17-39)72(14,63)64/h16-19,28,30-36,38,41-47,58-59,61-62H,15,20-27,29H2,1-14H3/t30-,31-,32+,33-,34-,35+,36+,38+,41-,42+,43+,44+,45-,46+,47-,49-,50-,51-/m1/s1. The zero-order chi connectivity index (χ0) is 53.7. The van der Waals surface area contributed by atoms with Gasteiger partial charge >= 0.3 is 5.97 Å². The Morgan fingerprint density at radius 2 is 1.64 bits per heavy atom. The van der Waals surface area contributed by atoms with Crippen LogP contribution >= 0.6 is 0 Å². The summed E-state index contributed by atoms with van der Waals surface area (Å²) in [6.45, 7) is 18.5. The number of aromatic nitrogens is 3. The number of cyclic esters (lactones) is 1. The van der Waals surface area contributed by atoms with Crippen molar-refractivity contribution in [3.05, 3.63) is 36.2 Å². The number of ether oxygens (including phenoxy) is 7. The van der Waals surface area contributed by atoms with E-state index >= 15 is 4.39 Å². The molecule has 0 spiro atoms. The molecular formula is C51H86FN5O14S. The molecule has 0 bridgehead atoms. The Labute approximate surface area is 426 Å². The summed E-state index contributed by atoms with van der Waals surface area (Å²) >= 11 is 0. The van der Waals surface area contributed by atoms with Crippen molar-refractivity contribution in [2.75, 3.05) is 47.2 Å². The molecule has 0 saturated carbocycles. The van der Waals surface area contributed by atoms with Crippen molar-refractivity contribution in [2.24, 2.45) is 17.8 Å². The first-order chi connectivity index (χ1) is 33.5. The largest absolute Gasteiger partial charge is 0.490 e. The first-order valence-electron chi connectivity index (χ1n) is 25.5. The molecule has 2 aromatic rings. The molecule has 4 N–H and O–H groups in total. The minimum Gasteiger partial charge on any atom is -0.490 e. The summed E-state index contributed by atoms with van der Waals surface area (Å²) in [4.78, 5) is 18.7. The van der Waals surface area contributed by atoms with E-state index in [4.69, 9.17) is 33.2 Å². The van der Waals surface area contributed by atoms with Gasteiger partial charge in [0.2, 0.25) is 0 Å². The third-order valence-electron chi connectivity index (χ3n) is 15.4. The van der Waals surface area contributed by atoms with Crippen molar-refractivity contribution < 1.29 is 71.2 Å². The number of methoxy groups -OCH3 is 1. The molecule has 412 valence electrons. The number of esters is 1. The van der Waals surface area contributed by atoms with Crippen molar-refractivity contribution in [3.8, 4) is 5.75 Å². The molecule has 4 heterocycles. The molecule has 5 rings (SSSR count). The predicted molar refractivity (Wildman–Crippen MR) is 265 cm³/mol. The van der Waals surface area contributed by atoms with Crippen LogP contribution in [0, 0.1) is 17.8 Å². The van der Waals surface area contributed by atoms with Crippen molar-refractivity contribution in [1.82, 2.24) is 24.8 Å². The lowest BCUT2D eigenvalue weighted by atomic mass is 9.77. The van der Waals surface area contributed by atoms with Crippen molar-refractivity contribution >= 4 is 15.8 Å². The van der Waals surface area contributed by atoms with E-state index in [2.05, 4.69) is 15.2 Å². The Balaban J connectivity index is 1.35. The molecule has 1 aromatic carbocycles. The van der Waals surface area contributed by atoms with Gasteiger partial charge in [0.05, 0.1) is 58.7 Å². The molecule has 1 aromatic heterocycles. The van der Waals surface area contributed by atoms with Crippen LogP contribution in [-0.2, 0) is 56.0 Å². The molecule has 0 unspecified atom stereocenters. The van der Waals surface area contributed by atoms with Crippen molar-refractivity contribution in [2.45, 2.75) is 210 Å². The number of halogens is 1. The molecule has 3 aliphatic rings. The van der Waals surface area contributed by atoms with Gasteiger partial charge in [0.1, 0.15) is 36.3 Å². The lowest BCUT2D eigenvalue weighted by molar-refractivity contribution is -0.308. The molecule has 0 aliphatic carbocycles. The van der Waals surface area contributed by atoms with Gasteiger partial charge in [0.25, 0.3) is 0 Å². The van der Waals surface area contributed by atoms with E-state index in [1.807, 2.05) is 39.8 Å². The summed E-state index contributed by atoms with van der Waals surface area (Å²) < 4.78 is 84.0.